The third-order valence-electron chi connectivity index (χ3n) is 3.23. The van der Waals surface area contributed by atoms with E-state index in [0.717, 1.165) is 6.67 Å². The molecule has 0 aromatic heterocycles. The van der Waals surface area contributed by atoms with Crippen LogP contribution >= 0.6 is 0 Å². The van der Waals surface area contributed by atoms with Crippen LogP contribution in [0.5, 0.6) is 0 Å². The van der Waals surface area contributed by atoms with Crippen molar-refractivity contribution >= 4 is 0 Å². The molecule has 0 spiro atoms. The molecule has 1 aromatic rings. The van der Waals surface area contributed by atoms with Gasteiger partial charge in [0.1, 0.15) is 0 Å². The topological polar surface area (TPSA) is 24.1 Å². The van der Waals surface area contributed by atoms with Gasteiger partial charge in [0.25, 0.3) is 0 Å². The lowest BCUT2D eigenvalue weighted by Crippen LogP contribution is -2.17. The van der Waals surface area contributed by atoms with Gasteiger partial charge in [-0.05, 0) is 30.5 Å². The van der Waals surface area contributed by atoms with Gasteiger partial charge < -0.3 is 10.6 Å². The zero-order valence-electron chi connectivity index (χ0n) is 9.59. The Bertz CT molecular complexity index is 394. The zero-order valence-corrected chi connectivity index (χ0v) is 9.59. The smallest absolute Gasteiger partial charge is 0.0843 e. The zero-order chi connectivity index (χ0) is 10.8. The molecule has 0 radical (unpaired) electrons. The van der Waals surface area contributed by atoms with Gasteiger partial charge in [0.2, 0.25) is 0 Å². The van der Waals surface area contributed by atoms with E-state index in [4.69, 9.17) is 0 Å². The number of rotatable bonds is 2. The summed E-state index contributed by atoms with van der Waals surface area (Å²) in [5.41, 5.74) is 5.46. The molecule has 1 aromatic carbocycles. The van der Waals surface area contributed by atoms with Crippen LogP contribution in [-0.4, -0.2) is 6.67 Å². The van der Waals surface area contributed by atoms with Gasteiger partial charge in [0.15, 0.2) is 0 Å². The first-order valence-corrected chi connectivity index (χ1v) is 5.43. The Morgan fingerprint density at radius 1 is 1.27 bits per heavy atom. The Hall–Kier alpha value is -1.44. The van der Waals surface area contributed by atoms with Crippen molar-refractivity contribution in [3.8, 4) is 0 Å². The molecule has 0 saturated heterocycles. The maximum Gasteiger partial charge on any atom is 0.0843 e. The largest absolute Gasteiger partial charge is 0.372 e. The molecule has 1 atom stereocenters. The van der Waals surface area contributed by atoms with E-state index in [1.807, 2.05) is 0 Å². The fourth-order valence-corrected chi connectivity index (χ4v) is 2.05. The Morgan fingerprint density at radius 2 is 2.07 bits per heavy atom. The van der Waals surface area contributed by atoms with Crippen LogP contribution in [0.1, 0.15) is 29.5 Å². The van der Waals surface area contributed by atoms with Crippen molar-refractivity contribution in [3.63, 3.8) is 0 Å². The minimum Gasteiger partial charge on any atom is -0.372 e. The van der Waals surface area contributed by atoms with Gasteiger partial charge in [-0.3, -0.25) is 0 Å². The molecular formula is C13H18N2. The van der Waals surface area contributed by atoms with Crippen molar-refractivity contribution in [1.82, 2.24) is 10.6 Å². The Labute approximate surface area is 91.4 Å². The molecule has 1 heterocycles. The van der Waals surface area contributed by atoms with Gasteiger partial charge in [-0.15, -0.1) is 0 Å². The van der Waals surface area contributed by atoms with Crippen LogP contribution in [0.15, 0.2) is 30.1 Å². The highest BCUT2D eigenvalue weighted by molar-refractivity contribution is 5.39. The van der Waals surface area contributed by atoms with Gasteiger partial charge in [-0.1, -0.05) is 25.1 Å². The first-order chi connectivity index (χ1) is 7.20. The van der Waals surface area contributed by atoms with Crippen LogP contribution in [0.2, 0.25) is 0 Å². The predicted molar refractivity (Wildman–Crippen MR) is 63.6 cm³/mol. The summed E-state index contributed by atoms with van der Waals surface area (Å²) in [6, 6.07) is 6.52. The number of hydrogen-bond acceptors (Lipinski definition) is 2. The summed E-state index contributed by atoms with van der Waals surface area (Å²) in [7, 11) is 0. The highest BCUT2D eigenvalue weighted by atomic mass is 15.1. The molecule has 0 fully saturated rings. The second kappa shape index (κ2) is 3.97. The molecule has 0 aliphatic carbocycles. The van der Waals surface area contributed by atoms with Gasteiger partial charge in [-0.25, -0.2) is 0 Å². The van der Waals surface area contributed by atoms with Gasteiger partial charge >= 0.3 is 0 Å². The average Bonchev–Trinajstić information content (AvgIpc) is 2.74. The number of benzene rings is 1. The van der Waals surface area contributed by atoms with Crippen molar-refractivity contribution in [2.24, 2.45) is 0 Å². The summed E-state index contributed by atoms with van der Waals surface area (Å²) >= 11 is 0. The highest BCUT2D eigenvalue weighted by Crippen LogP contribution is 2.27. The monoisotopic (exact) mass is 202 g/mol. The summed E-state index contributed by atoms with van der Waals surface area (Å²) in [6.45, 7) is 7.46. The molecular weight excluding hydrogens is 184 g/mol. The van der Waals surface area contributed by atoms with Crippen LogP contribution in [0, 0.1) is 13.8 Å². The molecule has 2 heteroatoms. The number of aryl methyl sites for hydroxylation is 1. The van der Waals surface area contributed by atoms with Gasteiger partial charge in [0, 0.05) is 17.8 Å². The first-order valence-electron chi connectivity index (χ1n) is 5.43. The third-order valence-corrected chi connectivity index (χ3v) is 3.23. The van der Waals surface area contributed by atoms with E-state index >= 15 is 0 Å². The Balaban J connectivity index is 2.32. The second-order valence-corrected chi connectivity index (χ2v) is 4.17. The highest BCUT2D eigenvalue weighted by Gasteiger charge is 2.15. The molecule has 2 N–H and O–H groups in total. The number of allylic oxidation sites excluding steroid dienone is 1. The van der Waals surface area contributed by atoms with E-state index < -0.39 is 0 Å². The molecule has 15 heavy (non-hydrogen) atoms. The van der Waals surface area contributed by atoms with Crippen molar-refractivity contribution in [3.05, 3.63) is 46.8 Å². The first kappa shape index (κ1) is 10.1. The lowest BCUT2D eigenvalue weighted by atomic mass is 9.92. The maximum absolute atomic E-state index is 3.35. The fourth-order valence-electron chi connectivity index (χ4n) is 2.05. The van der Waals surface area contributed by atoms with E-state index in [1.54, 1.807) is 0 Å². The Kier molecular flexibility index (Phi) is 2.67. The van der Waals surface area contributed by atoms with Gasteiger partial charge in [-0.2, -0.15) is 0 Å². The third kappa shape index (κ3) is 1.84. The van der Waals surface area contributed by atoms with Crippen LogP contribution in [-0.2, 0) is 0 Å². The summed E-state index contributed by atoms with van der Waals surface area (Å²) < 4.78 is 0. The van der Waals surface area contributed by atoms with E-state index in [0.29, 0.717) is 5.92 Å². The van der Waals surface area contributed by atoms with E-state index in [-0.39, 0.29) is 0 Å². The van der Waals surface area contributed by atoms with E-state index in [2.05, 4.69) is 55.8 Å². The summed E-state index contributed by atoms with van der Waals surface area (Å²) in [5.74, 6) is 0.444. The SMILES string of the molecule is Cc1cccc([C@H](C)C2=CNCN2)c1C. The summed E-state index contributed by atoms with van der Waals surface area (Å²) in [6.07, 6.45) is 2.08. The van der Waals surface area contributed by atoms with Crippen molar-refractivity contribution in [1.29, 1.82) is 0 Å². The predicted octanol–water partition coefficient (Wildman–Crippen LogP) is 2.40. The normalized spacial score (nSPS) is 16.6. The second-order valence-electron chi connectivity index (χ2n) is 4.17. The van der Waals surface area contributed by atoms with Gasteiger partial charge in [0.05, 0.1) is 6.67 Å². The Morgan fingerprint density at radius 3 is 2.73 bits per heavy atom. The van der Waals surface area contributed by atoms with Crippen molar-refractivity contribution in [2.75, 3.05) is 6.67 Å². The molecule has 0 bridgehead atoms. The fraction of sp³-hybridized carbons (Fsp3) is 0.385. The quantitative estimate of drug-likeness (QED) is 0.769. The average molecular weight is 202 g/mol. The molecule has 2 nitrogen and oxygen atoms in total. The van der Waals surface area contributed by atoms with E-state index in [1.165, 1.54) is 22.4 Å². The minimum absolute atomic E-state index is 0.444. The molecule has 1 aliphatic heterocycles. The maximum atomic E-state index is 3.35. The van der Waals surface area contributed by atoms with Crippen LogP contribution < -0.4 is 10.6 Å². The molecule has 80 valence electrons. The summed E-state index contributed by atoms with van der Waals surface area (Å²) in [4.78, 5) is 0. The summed E-state index contributed by atoms with van der Waals surface area (Å²) in [5, 5.41) is 6.54. The van der Waals surface area contributed by atoms with Crippen LogP contribution in [0.3, 0.4) is 0 Å². The molecule has 1 aliphatic rings. The number of nitrogens with one attached hydrogen (secondary N) is 2. The lowest BCUT2D eigenvalue weighted by Gasteiger charge is -2.17. The molecule has 0 unspecified atom stereocenters. The minimum atomic E-state index is 0.444. The molecule has 0 amide bonds. The number of hydrogen-bond donors (Lipinski definition) is 2. The lowest BCUT2D eigenvalue weighted by molar-refractivity contribution is 0.745. The standard InChI is InChI=1S/C13H18N2/c1-9-5-4-6-12(10(9)2)11(3)13-7-14-8-15-13/h4-7,11,14-15H,8H2,1-3H3/t11-/m0/s1. The van der Waals surface area contributed by atoms with Crippen molar-refractivity contribution in [2.45, 2.75) is 26.7 Å². The van der Waals surface area contributed by atoms with E-state index in [9.17, 15) is 0 Å². The van der Waals surface area contributed by atoms with Crippen molar-refractivity contribution < 1.29 is 0 Å². The molecule has 2 rings (SSSR count). The molecule has 0 saturated carbocycles. The van der Waals surface area contributed by atoms with Crippen LogP contribution in [0.4, 0.5) is 0 Å². The van der Waals surface area contributed by atoms with Crippen LogP contribution in [0.25, 0.3) is 0 Å².